The first-order valence-electron chi connectivity index (χ1n) is 5.15. The number of aromatic hydroxyl groups is 1. The topological polar surface area (TPSA) is 20.2 Å². The number of hydrogen-bond donors (Lipinski definition) is 1. The van der Waals surface area contributed by atoms with E-state index in [1.54, 1.807) is 0 Å². The number of phenolic OH excluding ortho intramolecular Hbond substituents is 1. The molecule has 1 N–H and O–H groups in total. The van der Waals surface area contributed by atoms with E-state index in [4.69, 9.17) is 5.11 Å². The summed E-state index contributed by atoms with van der Waals surface area (Å²) in [7, 11) is 0. The van der Waals surface area contributed by atoms with Crippen molar-refractivity contribution >= 4 is 0 Å². The van der Waals surface area contributed by atoms with Gasteiger partial charge in [-0.15, -0.1) is 0 Å². The third-order valence-electron chi connectivity index (χ3n) is 2.55. The van der Waals surface area contributed by atoms with Gasteiger partial charge in [-0.05, 0) is 29.3 Å². The van der Waals surface area contributed by atoms with Crippen LogP contribution in [0.2, 0.25) is 0 Å². The van der Waals surface area contributed by atoms with Gasteiger partial charge in [0.2, 0.25) is 0 Å². The number of phenols is 1. The Labute approximate surface area is 104 Å². The molecule has 0 spiro atoms. The molecule has 0 unspecified atom stereocenters. The van der Waals surface area contributed by atoms with E-state index >= 15 is 0 Å². The van der Waals surface area contributed by atoms with E-state index in [1.807, 2.05) is 0 Å². The van der Waals surface area contributed by atoms with Crippen molar-refractivity contribution in [3.05, 3.63) is 53.6 Å². The van der Waals surface area contributed by atoms with Crippen LogP contribution in [0.25, 0.3) is 11.1 Å². The fourth-order valence-electron chi connectivity index (χ4n) is 1.71. The first kappa shape index (κ1) is 13.3. The van der Waals surface area contributed by atoms with Gasteiger partial charge in [0.25, 0.3) is 0 Å². The SMILES string of the molecule is Oc1cc(-c2ccccc2C(F)(F)F)cc(F)c1F. The number of halogens is 5. The third-order valence-corrected chi connectivity index (χ3v) is 2.55. The predicted molar refractivity (Wildman–Crippen MR) is 58.5 cm³/mol. The molecular weight excluding hydrogens is 267 g/mol. The minimum Gasteiger partial charge on any atom is -0.505 e. The highest BCUT2D eigenvalue weighted by atomic mass is 19.4. The zero-order valence-electron chi connectivity index (χ0n) is 9.30. The second kappa shape index (κ2) is 4.53. The van der Waals surface area contributed by atoms with Crippen molar-refractivity contribution in [2.75, 3.05) is 0 Å². The van der Waals surface area contributed by atoms with Gasteiger partial charge in [0.05, 0.1) is 5.56 Å². The fraction of sp³-hybridized carbons (Fsp3) is 0.0769. The lowest BCUT2D eigenvalue weighted by molar-refractivity contribution is -0.137. The van der Waals surface area contributed by atoms with Crippen molar-refractivity contribution in [3.63, 3.8) is 0 Å². The molecule has 0 amide bonds. The summed E-state index contributed by atoms with van der Waals surface area (Å²) in [4.78, 5) is 0. The van der Waals surface area contributed by atoms with E-state index in [1.165, 1.54) is 12.1 Å². The molecule has 0 aromatic heterocycles. The molecule has 2 rings (SSSR count). The van der Waals surface area contributed by atoms with Gasteiger partial charge in [-0.1, -0.05) is 18.2 Å². The molecule has 19 heavy (non-hydrogen) atoms. The summed E-state index contributed by atoms with van der Waals surface area (Å²) < 4.78 is 64.4. The van der Waals surface area contributed by atoms with Gasteiger partial charge >= 0.3 is 6.18 Å². The van der Waals surface area contributed by atoms with Crippen LogP contribution < -0.4 is 0 Å². The van der Waals surface area contributed by atoms with Crippen LogP contribution in [0.3, 0.4) is 0 Å². The summed E-state index contributed by atoms with van der Waals surface area (Å²) in [5, 5.41) is 9.14. The van der Waals surface area contributed by atoms with Gasteiger partial charge in [0, 0.05) is 0 Å². The molecule has 0 saturated carbocycles. The zero-order chi connectivity index (χ0) is 14.2. The highest BCUT2D eigenvalue weighted by Gasteiger charge is 2.33. The molecule has 2 aromatic carbocycles. The number of rotatable bonds is 1. The Morgan fingerprint density at radius 1 is 0.947 bits per heavy atom. The Hall–Kier alpha value is -2.11. The molecule has 0 heterocycles. The number of alkyl halides is 3. The third kappa shape index (κ3) is 2.52. The van der Waals surface area contributed by atoms with Gasteiger partial charge in [-0.3, -0.25) is 0 Å². The Kier molecular flexibility index (Phi) is 3.18. The van der Waals surface area contributed by atoms with E-state index in [2.05, 4.69) is 0 Å². The summed E-state index contributed by atoms with van der Waals surface area (Å²) in [6.07, 6.45) is -4.63. The van der Waals surface area contributed by atoms with Crippen molar-refractivity contribution in [1.29, 1.82) is 0 Å². The maximum absolute atomic E-state index is 13.1. The first-order valence-corrected chi connectivity index (χ1v) is 5.15. The fourth-order valence-corrected chi connectivity index (χ4v) is 1.71. The Balaban J connectivity index is 2.67. The zero-order valence-corrected chi connectivity index (χ0v) is 9.30. The standard InChI is InChI=1S/C13H7F5O/c14-10-5-7(6-11(19)12(10)15)8-3-1-2-4-9(8)13(16,17)18/h1-6,19H. The summed E-state index contributed by atoms with van der Waals surface area (Å²) in [6, 6.07) is 5.83. The lowest BCUT2D eigenvalue weighted by Crippen LogP contribution is -2.07. The smallest absolute Gasteiger partial charge is 0.417 e. The lowest BCUT2D eigenvalue weighted by atomic mass is 9.99. The van der Waals surface area contributed by atoms with Gasteiger partial charge in [0.1, 0.15) is 0 Å². The van der Waals surface area contributed by atoms with Crippen molar-refractivity contribution < 1.29 is 27.1 Å². The van der Waals surface area contributed by atoms with Gasteiger partial charge in [-0.2, -0.15) is 17.6 Å². The maximum atomic E-state index is 13.1. The summed E-state index contributed by atoms with van der Waals surface area (Å²) in [5.74, 6) is -3.94. The van der Waals surface area contributed by atoms with Crippen LogP contribution in [0, 0.1) is 11.6 Å². The monoisotopic (exact) mass is 274 g/mol. The van der Waals surface area contributed by atoms with Crippen LogP contribution >= 0.6 is 0 Å². The van der Waals surface area contributed by atoms with Crippen LogP contribution in [0.5, 0.6) is 5.75 Å². The molecular formula is C13H7F5O. The average Bonchev–Trinajstić information content (AvgIpc) is 2.34. The van der Waals surface area contributed by atoms with Gasteiger partial charge < -0.3 is 5.11 Å². The van der Waals surface area contributed by atoms with Crippen molar-refractivity contribution in [1.82, 2.24) is 0 Å². The molecule has 0 fully saturated rings. The van der Waals surface area contributed by atoms with Gasteiger partial charge in [0.15, 0.2) is 17.4 Å². The lowest BCUT2D eigenvalue weighted by Gasteiger charge is -2.13. The normalized spacial score (nSPS) is 11.6. The Morgan fingerprint density at radius 2 is 1.58 bits per heavy atom. The Bertz CT molecular complexity index is 596. The number of benzene rings is 2. The van der Waals surface area contributed by atoms with E-state index in [0.29, 0.717) is 6.07 Å². The van der Waals surface area contributed by atoms with Crippen LogP contribution in [-0.2, 0) is 6.18 Å². The van der Waals surface area contributed by atoms with E-state index < -0.39 is 29.1 Å². The quantitative estimate of drug-likeness (QED) is 0.766. The highest BCUT2D eigenvalue weighted by Crippen LogP contribution is 2.38. The van der Waals surface area contributed by atoms with Crippen LogP contribution in [0.4, 0.5) is 22.0 Å². The van der Waals surface area contributed by atoms with Crippen molar-refractivity contribution in [2.24, 2.45) is 0 Å². The minimum absolute atomic E-state index is 0.246. The summed E-state index contributed by atoms with van der Waals surface area (Å²) in [5.41, 5.74) is -1.56. The van der Waals surface area contributed by atoms with E-state index in [-0.39, 0.29) is 11.1 Å². The van der Waals surface area contributed by atoms with Gasteiger partial charge in [-0.25, -0.2) is 4.39 Å². The molecule has 0 atom stereocenters. The summed E-state index contributed by atoms with van der Waals surface area (Å²) in [6.45, 7) is 0. The molecule has 0 aliphatic carbocycles. The molecule has 0 saturated heterocycles. The second-order valence-corrected chi connectivity index (χ2v) is 3.83. The van der Waals surface area contributed by atoms with Crippen LogP contribution in [-0.4, -0.2) is 5.11 Å². The maximum Gasteiger partial charge on any atom is 0.417 e. The molecule has 100 valence electrons. The molecule has 6 heteroatoms. The van der Waals surface area contributed by atoms with E-state index in [0.717, 1.165) is 18.2 Å². The predicted octanol–water partition coefficient (Wildman–Crippen LogP) is 4.36. The molecule has 0 bridgehead atoms. The average molecular weight is 274 g/mol. The van der Waals surface area contributed by atoms with Crippen LogP contribution in [0.15, 0.2) is 36.4 Å². The Morgan fingerprint density at radius 3 is 2.16 bits per heavy atom. The molecule has 0 aliphatic rings. The van der Waals surface area contributed by atoms with Crippen LogP contribution in [0.1, 0.15) is 5.56 Å². The van der Waals surface area contributed by atoms with Crippen molar-refractivity contribution in [2.45, 2.75) is 6.18 Å². The summed E-state index contributed by atoms with van der Waals surface area (Å²) >= 11 is 0. The largest absolute Gasteiger partial charge is 0.505 e. The highest BCUT2D eigenvalue weighted by molar-refractivity contribution is 5.69. The first-order chi connectivity index (χ1) is 8.80. The minimum atomic E-state index is -4.63. The molecule has 2 aromatic rings. The van der Waals surface area contributed by atoms with E-state index in [9.17, 15) is 22.0 Å². The second-order valence-electron chi connectivity index (χ2n) is 3.83. The molecule has 1 nitrogen and oxygen atoms in total. The molecule has 0 radical (unpaired) electrons. The molecule has 0 aliphatic heterocycles. The van der Waals surface area contributed by atoms with Crippen molar-refractivity contribution in [3.8, 4) is 16.9 Å². The number of hydrogen-bond acceptors (Lipinski definition) is 1.